The summed E-state index contributed by atoms with van der Waals surface area (Å²) in [6.07, 6.45) is 3.21. The molecule has 3 aromatic rings. The summed E-state index contributed by atoms with van der Waals surface area (Å²) in [5.41, 5.74) is 1.94. The Morgan fingerprint density at radius 3 is 2.86 bits per heavy atom. The number of ether oxygens (including phenoxy) is 1. The van der Waals surface area contributed by atoms with Crippen LogP contribution >= 0.6 is 0 Å². The second-order valence-electron chi connectivity index (χ2n) is 4.38. The van der Waals surface area contributed by atoms with Crippen molar-refractivity contribution in [3.05, 3.63) is 47.9 Å². The second-order valence-corrected chi connectivity index (χ2v) is 4.38. The summed E-state index contributed by atoms with van der Waals surface area (Å²) in [7, 11) is 1.32. The molecule has 0 bridgehead atoms. The third-order valence-electron chi connectivity index (χ3n) is 3.08. The van der Waals surface area contributed by atoms with E-state index in [9.17, 15) is 9.59 Å². The summed E-state index contributed by atoms with van der Waals surface area (Å²) in [4.78, 5) is 26.8. The molecule has 0 radical (unpaired) electrons. The van der Waals surface area contributed by atoms with Crippen molar-refractivity contribution >= 4 is 28.5 Å². The molecular weight excluding hydrogens is 272 g/mol. The van der Waals surface area contributed by atoms with Crippen molar-refractivity contribution in [2.24, 2.45) is 0 Å². The number of fused-ring (bicyclic) bond motifs is 1. The van der Waals surface area contributed by atoms with E-state index in [4.69, 9.17) is 4.74 Å². The molecule has 0 saturated carbocycles. The van der Waals surface area contributed by atoms with Crippen LogP contribution in [0.3, 0.4) is 0 Å². The summed E-state index contributed by atoms with van der Waals surface area (Å²) < 4.78 is 4.76. The monoisotopic (exact) mass is 284 g/mol. The van der Waals surface area contributed by atoms with Gasteiger partial charge >= 0.3 is 5.97 Å². The lowest BCUT2D eigenvalue weighted by atomic mass is 10.1. The lowest BCUT2D eigenvalue weighted by molar-refractivity contribution is 0.0603. The zero-order valence-corrected chi connectivity index (χ0v) is 11.1. The highest BCUT2D eigenvalue weighted by Crippen LogP contribution is 2.24. The number of amides is 1. The van der Waals surface area contributed by atoms with E-state index < -0.39 is 5.97 Å². The number of aromatic amines is 2. The number of aromatic nitrogens is 3. The van der Waals surface area contributed by atoms with E-state index in [0.29, 0.717) is 16.9 Å². The molecule has 0 fully saturated rings. The van der Waals surface area contributed by atoms with Gasteiger partial charge in [-0.05, 0) is 24.3 Å². The molecule has 0 unspecified atom stereocenters. The van der Waals surface area contributed by atoms with E-state index in [-0.39, 0.29) is 5.91 Å². The average Bonchev–Trinajstić information content (AvgIpc) is 3.16. The van der Waals surface area contributed by atoms with Gasteiger partial charge in [-0.2, -0.15) is 5.10 Å². The SMILES string of the molecule is COC(=O)c1cc(NC(=O)c2ccn[nH]2)cc2[nH]ccc12. The number of benzene rings is 1. The van der Waals surface area contributed by atoms with Crippen molar-refractivity contribution in [3.8, 4) is 0 Å². The number of nitrogens with zero attached hydrogens (tertiary/aromatic N) is 1. The van der Waals surface area contributed by atoms with Crippen LogP contribution in [0, 0.1) is 0 Å². The largest absolute Gasteiger partial charge is 0.465 e. The van der Waals surface area contributed by atoms with Crippen molar-refractivity contribution < 1.29 is 14.3 Å². The van der Waals surface area contributed by atoms with Gasteiger partial charge in [0.1, 0.15) is 5.69 Å². The van der Waals surface area contributed by atoms with Crippen LogP contribution in [0.1, 0.15) is 20.8 Å². The van der Waals surface area contributed by atoms with E-state index in [1.807, 2.05) is 0 Å². The molecule has 0 saturated heterocycles. The molecular formula is C14H12N4O3. The van der Waals surface area contributed by atoms with E-state index >= 15 is 0 Å². The number of rotatable bonds is 3. The standard InChI is InChI=1S/C14H12N4O3/c1-21-14(20)10-6-8(7-12-9(10)2-4-15-12)17-13(19)11-3-5-16-18-11/h2-7,15H,1H3,(H,16,18)(H,17,19). The fourth-order valence-electron chi connectivity index (χ4n) is 2.10. The molecule has 2 heterocycles. The summed E-state index contributed by atoms with van der Waals surface area (Å²) in [5, 5.41) is 9.74. The maximum atomic E-state index is 12.0. The minimum absolute atomic E-state index is 0.334. The lowest BCUT2D eigenvalue weighted by Gasteiger charge is -2.07. The van der Waals surface area contributed by atoms with Gasteiger partial charge in [-0.1, -0.05) is 0 Å². The predicted molar refractivity (Wildman–Crippen MR) is 76.2 cm³/mol. The maximum absolute atomic E-state index is 12.0. The number of methoxy groups -OCH3 is 1. The highest BCUT2D eigenvalue weighted by molar-refractivity contribution is 6.08. The Kier molecular flexibility index (Phi) is 3.15. The van der Waals surface area contributed by atoms with Gasteiger partial charge in [-0.3, -0.25) is 9.89 Å². The van der Waals surface area contributed by atoms with Gasteiger partial charge in [-0.15, -0.1) is 0 Å². The van der Waals surface area contributed by atoms with Crippen molar-refractivity contribution in [2.75, 3.05) is 12.4 Å². The van der Waals surface area contributed by atoms with E-state index in [1.165, 1.54) is 13.3 Å². The Morgan fingerprint density at radius 1 is 1.29 bits per heavy atom. The zero-order valence-electron chi connectivity index (χ0n) is 11.1. The van der Waals surface area contributed by atoms with E-state index in [1.54, 1.807) is 30.5 Å². The van der Waals surface area contributed by atoms with Gasteiger partial charge in [0, 0.05) is 29.0 Å². The molecule has 7 nitrogen and oxygen atoms in total. The van der Waals surface area contributed by atoms with Gasteiger partial charge in [0.05, 0.1) is 12.7 Å². The lowest BCUT2D eigenvalue weighted by Crippen LogP contribution is -2.13. The molecule has 2 aromatic heterocycles. The number of H-pyrrole nitrogens is 2. The Labute approximate surface area is 119 Å². The molecule has 0 aliphatic rings. The number of anilines is 1. The maximum Gasteiger partial charge on any atom is 0.338 e. The Morgan fingerprint density at radius 2 is 2.14 bits per heavy atom. The Bertz CT molecular complexity index is 805. The molecule has 0 aliphatic heterocycles. The molecule has 3 N–H and O–H groups in total. The van der Waals surface area contributed by atoms with Gasteiger partial charge < -0.3 is 15.0 Å². The number of hydrogen-bond donors (Lipinski definition) is 3. The molecule has 21 heavy (non-hydrogen) atoms. The summed E-state index contributed by atoms with van der Waals surface area (Å²) in [5.74, 6) is -0.800. The molecule has 1 aromatic carbocycles. The first kappa shape index (κ1) is 12.9. The number of carbonyl (C=O) groups excluding carboxylic acids is 2. The van der Waals surface area contributed by atoms with E-state index in [2.05, 4.69) is 20.5 Å². The van der Waals surface area contributed by atoms with Gasteiger partial charge in [0.25, 0.3) is 5.91 Å². The van der Waals surface area contributed by atoms with Crippen molar-refractivity contribution in [1.82, 2.24) is 15.2 Å². The molecule has 106 valence electrons. The number of nitrogens with one attached hydrogen (secondary N) is 3. The van der Waals surface area contributed by atoms with Crippen LogP contribution < -0.4 is 5.32 Å². The summed E-state index contributed by atoms with van der Waals surface area (Å²) in [6, 6.07) is 6.66. The van der Waals surface area contributed by atoms with Gasteiger partial charge in [0.15, 0.2) is 0 Å². The van der Waals surface area contributed by atoms with Gasteiger partial charge in [0.2, 0.25) is 0 Å². The third kappa shape index (κ3) is 2.36. The molecule has 7 heteroatoms. The number of esters is 1. The number of carbonyl (C=O) groups is 2. The highest BCUT2D eigenvalue weighted by Gasteiger charge is 2.15. The summed E-state index contributed by atoms with van der Waals surface area (Å²) in [6.45, 7) is 0. The molecule has 3 rings (SSSR count). The Balaban J connectivity index is 1.99. The number of hydrogen-bond acceptors (Lipinski definition) is 4. The van der Waals surface area contributed by atoms with Crippen molar-refractivity contribution in [1.29, 1.82) is 0 Å². The fraction of sp³-hybridized carbons (Fsp3) is 0.0714. The second kappa shape index (κ2) is 5.12. The Hall–Kier alpha value is -3.09. The first-order valence-corrected chi connectivity index (χ1v) is 6.19. The molecule has 1 amide bonds. The van der Waals surface area contributed by atoms with Crippen LogP contribution in [-0.2, 0) is 4.74 Å². The van der Waals surface area contributed by atoms with Crippen molar-refractivity contribution in [3.63, 3.8) is 0 Å². The molecule has 0 atom stereocenters. The first-order chi connectivity index (χ1) is 10.2. The summed E-state index contributed by atoms with van der Waals surface area (Å²) >= 11 is 0. The van der Waals surface area contributed by atoms with Crippen LogP contribution in [0.4, 0.5) is 5.69 Å². The van der Waals surface area contributed by atoms with Crippen molar-refractivity contribution in [2.45, 2.75) is 0 Å². The minimum atomic E-state index is -0.461. The predicted octanol–water partition coefficient (Wildman–Crippen LogP) is 1.93. The van der Waals surface area contributed by atoms with Crippen LogP contribution in [-0.4, -0.2) is 34.2 Å². The molecule has 0 spiro atoms. The normalized spacial score (nSPS) is 10.5. The topological polar surface area (TPSA) is 99.9 Å². The van der Waals surface area contributed by atoms with E-state index in [0.717, 1.165) is 10.9 Å². The average molecular weight is 284 g/mol. The quantitative estimate of drug-likeness (QED) is 0.640. The molecule has 0 aliphatic carbocycles. The third-order valence-corrected chi connectivity index (χ3v) is 3.08. The van der Waals surface area contributed by atoms with Crippen LogP contribution in [0.15, 0.2) is 36.7 Å². The highest BCUT2D eigenvalue weighted by atomic mass is 16.5. The minimum Gasteiger partial charge on any atom is -0.465 e. The van der Waals surface area contributed by atoms with Crippen LogP contribution in [0.2, 0.25) is 0 Å². The van der Waals surface area contributed by atoms with Crippen LogP contribution in [0.5, 0.6) is 0 Å². The first-order valence-electron chi connectivity index (χ1n) is 6.19. The zero-order chi connectivity index (χ0) is 14.8. The van der Waals surface area contributed by atoms with Crippen LogP contribution in [0.25, 0.3) is 10.9 Å². The smallest absolute Gasteiger partial charge is 0.338 e. The fourth-order valence-corrected chi connectivity index (χ4v) is 2.10. The van der Waals surface area contributed by atoms with Gasteiger partial charge in [-0.25, -0.2) is 4.79 Å².